The lowest BCUT2D eigenvalue weighted by molar-refractivity contribution is 0.540. The molecule has 0 spiro atoms. The van der Waals surface area contributed by atoms with E-state index >= 15 is 0 Å². The number of halogens is 1. The third-order valence-electron chi connectivity index (χ3n) is 2.62. The molecule has 1 aliphatic carbocycles. The van der Waals surface area contributed by atoms with Gasteiger partial charge in [-0.1, -0.05) is 6.07 Å². The van der Waals surface area contributed by atoms with Crippen LogP contribution in [-0.4, -0.2) is 6.04 Å². The first-order chi connectivity index (χ1) is 6.18. The average Bonchev–Trinajstić information content (AvgIpc) is 2.12. The third kappa shape index (κ3) is 1.40. The number of fused-ring (bicyclic) bond motifs is 1. The van der Waals surface area contributed by atoms with Gasteiger partial charge in [-0.25, -0.2) is 4.39 Å². The van der Waals surface area contributed by atoms with E-state index in [-0.39, 0.29) is 17.5 Å². The predicted molar refractivity (Wildman–Crippen MR) is 50.8 cm³/mol. The van der Waals surface area contributed by atoms with E-state index in [1.165, 1.54) is 0 Å². The Bertz CT molecular complexity index is 336. The molecule has 1 aromatic rings. The Morgan fingerprint density at radius 1 is 1.38 bits per heavy atom. The Labute approximate surface area is 76.7 Å². The van der Waals surface area contributed by atoms with E-state index < -0.39 is 0 Å². The van der Waals surface area contributed by atoms with E-state index in [2.05, 4.69) is 0 Å². The molecule has 13 heavy (non-hydrogen) atoms. The zero-order chi connectivity index (χ0) is 9.42. The number of nitrogens with two attached hydrogens (primary N) is 2. The molecule has 0 aliphatic heterocycles. The van der Waals surface area contributed by atoms with Gasteiger partial charge in [0, 0.05) is 6.04 Å². The molecule has 0 aromatic heterocycles. The number of anilines is 1. The molecule has 1 aromatic carbocycles. The summed E-state index contributed by atoms with van der Waals surface area (Å²) in [5.74, 6) is -0.246. The van der Waals surface area contributed by atoms with Crippen LogP contribution in [0.4, 0.5) is 10.1 Å². The summed E-state index contributed by atoms with van der Waals surface area (Å²) >= 11 is 0. The van der Waals surface area contributed by atoms with Crippen LogP contribution in [0.2, 0.25) is 0 Å². The number of hydrogen-bond donors (Lipinski definition) is 2. The van der Waals surface area contributed by atoms with Crippen LogP contribution in [0.15, 0.2) is 12.1 Å². The van der Waals surface area contributed by atoms with Crippen LogP contribution in [0.1, 0.15) is 17.5 Å². The molecular formula is C10H13FN2. The van der Waals surface area contributed by atoms with Crippen molar-refractivity contribution in [2.45, 2.75) is 25.3 Å². The highest BCUT2D eigenvalue weighted by molar-refractivity contribution is 5.47. The van der Waals surface area contributed by atoms with Crippen LogP contribution < -0.4 is 11.5 Å². The van der Waals surface area contributed by atoms with Gasteiger partial charge in [0.1, 0.15) is 5.82 Å². The molecule has 1 aliphatic rings. The first-order valence-electron chi connectivity index (χ1n) is 4.50. The van der Waals surface area contributed by atoms with Crippen molar-refractivity contribution in [2.24, 2.45) is 5.73 Å². The van der Waals surface area contributed by atoms with Crippen LogP contribution in [-0.2, 0) is 12.8 Å². The summed E-state index contributed by atoms with van der Waals surface area (Å²) in [4.78, 5) is 0. The minimum Gasteiger partial charge on any atom is -0.396 e. The maximum absolute atomic E-state index is 13.4. The van der Waals surface area contributed by atoms with Crippen molar-refractivity contribution in [3.8, 4) is 0 Å². The van der Waals surface area contributed by atoms with Gasteiger partial charge in [0.15, 0.2) is 0 Å². The Hall–Kier alpha value is -1.09. The molecular weight excluding hydrogens is 167 g/mol. The highest BCUT2D eigenvalue weighted by Gasteiger charge is 2.19. The van der Waals surface area contributed by atoms with Crippen molar-refractivity contribution in [1.82, 2.24) is 0 Å². The van der Waals surface area contributed by atoms with Crippen molar-refractivity contribution in [3.05, 3.63) is 29.1 Å². The van der Waals surface area contributed by atoms with E-state index in [1.807, 2.05) is 6.07 Å². The zero-order valence-corrected chi connectivity index (χ0v) is 7.39. The molecule has 0 fully saturated rings. The van der Waals surface area contributed by atoms with Crippen LogP contribution in [0.5, 0.6) is 0 Å². The lowest BCUT2D eigenvalue weighted by Crippen LogP contribution is -2.28. The van der Waals surface area contributed by atoms with Crippen molar-refractivity contribution < 1.29 is 4.39 Å². The topological polar surface area (TPSA) is 52.0 Å². The molecule has 0 radical (unpaired) electrons. The van der Waals surface area contributed by atoms with E-state index in [0.29, 0.717) is 6.42 Å². The van der Waals surface area contributed by atoms with E-state index in [0.717, 1.165) is 24.0 Å². The van der Waals surface area contributed by atoms with E-state index in [4.69, 9.17) is 11.5 Å². The Balaban J connectivity index is 2.47. The van der Waals surface area contributed by atoms with Gasteiger partial charge in [-0.05, 0) is 36.5 Å². The number of benzene rings is 1. The van der Waals surface area contributed by atoms with Gasteiger partial charge in [0.2, 0.25) is 0 Å². The first-order valence-corrected chi connectivity index (χ1v) is 4.50. The summed E-state index contributed by atoms with van der Waals surface area (Å²) in [7, 11) is 0. The highest BCUT2D eigenvalue weighted by Crippen LogP contribution is 2.26. The maximum atomic E-state index is 13.4. The summed E-state index contributed by atoms with van der Waals surface area (Å²) in [6.45, 7) is 0. The molecule has 2 rings (SSSR count). The minimum absolute atomic E-state index is 0.176. The van der Waals surface area contributed by atoms with Crippen molar-refractivity contribution in [2.75, 3.05) is 5.73 Å². The fourth-order valence-electron chi connectivity index (χ4n) is 1.86. The molecule has 0 saturated heterocycles. The molecule has 3 heteroatoms. The van der Waals surface area contributed by atoms with Crippen LogP contribution >= 0.6 is 0 Å². The molecule has 0 heterocycles. The predicted octanol–water partition coefficient (Wildman–Crippen LogP) is 1.22. The smallest absolute Gasteiger partial charge is 0.149 e. The molecule has 0 amide bonds. The van der Waals surface area contributed by atoms with Gasteiger partial charge in [-0.15, -0.1) is 0 Å². The van der Waals surface area contributed by atoms with Crippen LogP contribution in [0.25, 0.3) is 0 Å². The number of rotatable bonds is 0. The Kier molecular flexibility index (Phi) is 1.96. The van der Waals surface area contributed by atoms with Crippen molar-refractivity contribution >= 4 is 5.69 Å². The van der Waals surface area contributed by atoms with Crippen molar-refractivity contribution in [3.63, 3.8) is 0 Å². The first kappa shape index (κ1) is 8.51. The fourth-order valence-corrected chi connectivity index (χ4v) is 1.86. The Morgan fingerprint density at radius 2 is 2.15 bits per heavy atom. The second-order valence-electron chi connectivity index (χ2n) is 3.61. The average molecular weight is 180 g/mol. The Morgan fingerprint density at radius 3 is 2.92 bits per heavy atom. The second kappa shape index (κ2) is 3.00. The molecule has 2 nitrogen and oxygen atoms in total. The molecule has 0 unspecified atom stereocenters. The lowest BCUT2D eigenvalue weighted by Gasteiger charge is -2.22. The standard InChI is InChI=1S/C10H13FN2/c11-10-8-3-2-7(12)5-6(8)1-4-9(10)13/h1,4,7H,2-3,5,12-13H2/t7-/m1/s1. The van der Waals surface area contributed by atoms with Crippen molar-refractivity contribution in [1.29, 1.82) is 0 Å². The summed E-state index contributed by atoms with van der Waals surface area (Å²) in [5, 5.41) is 0. The van der Waals surface area contributed by atoms with E-state index in [9.17, 15) is 4.39 Å². The van der Waals surface area contributed by atoms with Gasteiger partial charge < -0.3 is 11.5 Å². The quantitative estimate of drug-likeness (QED) is 0.590. The maximum Gasteiger partial charge on any atom is 0.149 e. The number of nitrogen functional groups attached to an aromatic ring is 1. The second-order valence-corrected chi connectivity index (χ2v) is 3.61. The lowest BCUT2D eigenvalue weighted by atomic mass is 9.88. The number of hydrogen-bond acceptors (Lipinski definition) is 2. The molecule has 0 saturated carbocycles. The van der Waals surface area contributed by atoms with Crippen LogP contribution in [0, 0.1) is 5.82 Å². The monoisotopic (exact) mass is 180 g/mol. The molecule has 70 valence electrons. The molecule has 0 bridgehead atoms. The summed E-state index contributed by atoms with van der Waals surface area (Å²) < 4.78 is 13.4. The highest BCUT2D eigenvalue weighted by atomic mass is 19.1. The fraction of sp³-hybridized carbons (Fsp3) is 0.400. The van der Waals surface area contributed by atoms with Gasteiger partial charge in [-0.3, -0.25) is 0 Å². The van der Waals surface area contributed by atoms with Gasteiger partial charge in [0.05, 0.1) is 5.69 Å². The van der Waals surface area contributed by atoms with Gasteiger partial charge >= 0.3 is 0 Å². The normalized spacial score (nSPS) is 21.2. The molecule has 4 N–H and O–H groups in total. The van der Waals surface area contributed by atoms with Crippen LogP contribution in [0.3, 0.4) is 0 Å². The largest absolute Gasteiger partial charge is 0.396 e. The summed E-state index contributed by atoms with van der Waals surface area (Å²) in [5.41, 5.74) is 13.3. The SMILES string of the molecule is Nc1ccc2c(c1F)CC[C@@H](N)C2. The minimum atomic E-state index is -0.246. The van der Waals surface area contributed by atoms with Gasteiger partial charge in [0.25, 0.3) is 0 Å². The summed E-state index contributed by atoms with van der Waals surface area (Å²) in [6, 6.07) is 3.68. The summed E-state index contributed by atoms with van der Waals surface area (Å²) in [6.07, 6.45) is 2.34. The third-order valence-corrected chi connectivity index (χ3v) is 2.62. The van der Waals surface area contributed by atoms with Gasteiger partial charge in [-0.2, -0.15) is 0 Å². The molecule has 1 atom stereocenters. The zero-order valence-electron chi connectivity index (χ0n) is 7.39. The van der Waals surface area contributed by atoms with E-state index in [1.54, 1.807) is 6.07 Å².